The van der Waals surface area contributed by atoms with Crippen LogP contribution >= 0.6 is 0 Å². The number of fused-ring (bicyclic) bond motifs is 6. The molecule has 7 aromatic rings. The standard InChI is InChI=1S/C28H16F2N4/c29-17-7-5-9-19(15-17)33-23-13-3-1-11-21(23)25-27(33)32-28-26(31-25)22-12-2-4-14-24(22)34(28)20-10-6-8-18(30)16-20/h1-16H. The zero-order chi connectivity index (χ0) is 22.8. The molecule has 34 heavy (non-hydrogen) atoms. The summed E-state index contributed by atoms with van der Waals surface area (Å²) in [5, 5.41) is 1.86. The first-order valence-corrected chi connectivity index (χ1v) is 10.9. The Morgan fingerprint density at radius 2 is 0.971 bits per heavy atom. The lowest BCUT2D eigenvalue weighted by atomic mass is 10.2. The molecule has 0 amide bonds. The van der Waals surface area contributed by atoms with Gasteiger partial charge in [0.05, 0.1) is 22.4 Å². The van der Waals surface area contributed by atoms with Gasteiger partial charge in [0.25, 0.3) is 0 Å². The monoisotopic (exact) mass is 446 g/mol. The zero-order valence-electron chi connectivity index (χ0n) is 17.8. The van der Waals surface area contributed by atoms with E-state index in [4.69, 9.17) is 9.97 Å². The lowest BCUT2D eigenvalue weighted by Gasteiger charge is -2.09. The fourth-order valence-electron chi connectivity index (χ4n) is 4.81. The molecule has 0 aliphatic rings. The number of rotatable bonds is 2. The van der Waals surface area contributed by atoms with E-state index in [1.165, 1.54) is 24.3 Å². The van der Waals surface area contributed by atoms with E-state index in [9.17, 15) is 8.78 Å². The van der Waals surface area contributed by atoms with E-state index in [1.54, 1.807) is 12.1 Å². The van der Waals surface area contributed by atoms with Crippen LogP contribution in [0.4, 0.5) is 8.78 Å². The lowest BCUT2D eigenvalue weighted by molar-refractivity contribution is 0.626. The Hall–Kier alpha value is -4.58. The molecule has 4 nitrogen and oxygen atoms in total. The molecule has 0 atom stereocenters. The third-order valence-corrected chi connectivity index (χ3v) is 6.22. The predicted molar refractivity (Wildman–Crippen MR) is 131 cm³/mol. The highest BCUT2D eigenvalue weighted by molar-refractivity contribution is 6.12. The summed E-state index contributed by atoms with van der Waals surface area (Å²) in [5.41, 5.74) is 5.78. The van der Waals surface area contributed by atoms with Gasteiger partial charge in [-0.05, 0) is 48.5 Å². The zero-order valence-corrected chi connectivity index (χ0v) is 17.8. The van der Waals surface area contributed by atoms with Gasteiger partial charge < -0.3 is 0 Å². The van der Waals surface area contributed by atoms with Crippen molar-refractivity contribution >= 4 is 44.1 Å². The van der Waals surface area contributed by atoms with Crippen LogP contribution in [-0.4, -0.2) is 19.1 Å². The van der Waals surface area contributed by atoms with Gasteiger partial charge in [0, 0.05) is 10.8 Å². The summed E-state index contributed by atoms with van der Waals surface area (Å²) in [6.07, 6.45) is 0. The molecule has 4 aromatic carbocycles. The molecule has 0 N–H and O–H groups in total. The van der Waals surface area contributed by atoms with E-state index in [2.05, 4.69) is 0 Å². The topological polar surface area (TPSA) is 35.6 Å². The summed E-state index contributed by atoms with van der Waals surface area (Å²) >= 11 is 0. The molecule has 0 aliphatic heterocycles. The minimum absolute atomic E-state index is 0.327. The highest BCUT2D eigenvalue weighted by Gasteiger charge is 2.21. The second-order valence-electron chi connectivity index (χ2n) is 8.23. The fourth-order valence-corrected chi connectivity index (χ4v) is 4.81. The quantitative estimate of drug-likeness (QED) is 0.288. The van der Waals surface area contributed by atoms with Crippen LogP contribution in [0.3, 0.4) is 0 Å². The number of benzene rings is 4. The summed E-state index contributed by atoms with van der Waals surface area (Å²) < 4.78 is 32.2. The number of hydrogen-bond acceptors (Lipinski definition) is 2. The highest BCUT2D eigenvalue weighted by atomic mass is 19.1. The second-order valence-corrected chi connectivity index (χ2v) is 8.23. The molecule has 0 saturated heterocycles. The van der Waals surface area contributed by atoms with Crippen LogP contribution in [0.15, 0.2) is 97.1 Å². The molecular weight excluding hydrogens is 430 g/mol. The van der Waals surface area contributed by atoms with Crippen LogP contribution in [0.1, 0.15) is 0 Å². The average Bonchev–Trinajstić information content (AvgIpc) is 3.35. The molecule has 3 heterocycles. The van der Waals surface area contributed by atoms with Crippen LogP contribution in [0.2, 0.25) is 0 Å². The van der Waals surface area contributed by atoms with Crippen molar-refractivity contribution in [3.05, 3.63) is 109 Å². The minimum atomic E-state index is -0.327. The van der Waals surface area contributed by atoms with Gasteiger partial charge in [0.1, 0.15) is 22.7 Å². The number of nitrogens with zero attached hydrogens (tertiary/aromatic N) is 4. The van der Waals surface area contributed by atoms with E-state index in [-0.39, 0.29) is 11.6 Å². The number of aromatic nitrogens is 4. The molecule has 0 fully saturated rings. The van der Waals surface area contributed by atoms with Gasteiger partial charge >= 0.3 is 0 Å². The van der Waals surface area contributed by atoms with Gasteiger partial charge in [0.15, 0.2) is 11.3 Å². The van der Waals surface area contributed by atoms with Gasteiger partial charge in [-0.1, -0.05) is 48.5 Å². The van der Waals surface area contributed by atoms with Crippen molar-refractivity contribution in [2.45, 2.75) is 0 Å². The molecule has 6 heteroatoms. The normalized spacial score (nSPS) is 11.8. The summed E-state index contributed by atoms with van der Waals surface area (Å²) in [7, 11) is 0. The molecule has 0 radical (unpaired) electrons. The summed E-state index contributed by atoms with van der Waals surface area (Å²) in [6, 6.07) is 28.6. The summed E-state index contributed by atoms with van der Waals surface area (Å²) in [4.78, 5) is 10.2. The van der Waals surface area contributed by atoms with Gasteiger partial charge in [-0.25, -0.2) is 18.7 Å². The van der Waals surface area contributed by atoms with Crippen LogP contribution in [-0.2, 0) is 0 Å². The highest BCUT2D eigenvalue weighted by Crippen LogP contribution is 2.35. The largest absolute Gasteiger partial charge is 0.292 e. The maximum atomic E-state index is 14.2. The van der Waals surface area contributed by atoms with Crippen LogP contribution in [0.25, 0.3) is 55.5 Å². The molecular formula is C28H16F2N4. The van der Waals surface area contributed by atoms with Crippen molar-refractivity contribution in [3.63, 3.8) is 0 Å². The summed E-state index contributed by atoms with van der Waals surface area (Å²) in [5.74, 6) is -0.655. The fraction of sp³-hybridized carbons (Fsp3) is 0. The Balaban J connectivity index is 1.69. The Kier molecular flexibility index (Phi) is 3.88. The van der Waals surface area contributed by atoms with Crippen molar-refractivity contribution in [1.82, 2.24) is 19.1 Å². The van der Waals surface area contributed by atoms with Gasteiger partial charge in [-0.15, -0.1) is 0 Å². The Labute approximate surface area is 192 Å². The second kappa shape index (κ2) is 6.96. The Morgan fingerprint density at radius 1 is 0.500 bits per heavy atom. The van der Waals surface area contributed by atoms with E-state index >= 15 is 0 Å². The van der Waals surface area contributed by atoms with Gasteiger partial charge in [-0.3, -0.25) is 9.13 Å². The Bertz CT molecular complexity index is 1760. The third kappa shape index (κ3) is 2.62. The molecule has 0 spiro atoms. The van der Waals surface area contributed by atoms with E-state index in [0.29, 0.717) is 22.7 Å². The van der Waals surface area contributed by atoms with Crippen molar-refractivity contribution < 1.29 is 8.78 Å². The summed E-state index contributed by atoms with van der Waals surface area (Å²) in [6.45, 7) is 0. The SMILES string of the molecule is Fc1cccc(-n2c3ccccc3c3nc4c5ccccc5n(-c5cccc(F)c5)c4nc32)c1. The molecule has 7 rings (SSSR count). The van der Waals surface area contributed by atoms with Crippen molar-refractivity contribution in [2.24, 2.45) is 0 Å². The first-order valence-electron chi connectivity index (χ1n) is 10.9. The minimum Gasteiger partial charge on any atom is -0.292 e. The molecule has 0 unspecified atom stereocenters. The Morgan fingerprint density at radius 3 is 1.44 bits per heavy atom. The van der Waals surface area contributed by atoms with Crippen LogP contribution in [0, 0.1) is 11.6 Å². The van der Waals surface area contributed by atoms with Gasteiger partial charge in [0.2, 0.25) is 0 Å². The maximum absolute atomic E-state index is 14.2. The predicted octanol–water partition coefficient (Wildman–Crippen LogP) is 6.95. The van der Waals surface area contributed by atoms with Gasteiger partial charge in [-0.2, -0.15) is 0 Å². The lowest BCUT2D eigenvalue weighted by Crippen LogP contribution is -2.00. The van der Waals surface area contributed by atoms with E-state index in [0.717, 1.165) is 32.8 Å². The van der Waals surface area contributed by atoms with Crippen molar-refractivity contribution in [1.29, 1.82) is 0 Å². The first kappa shape index (κ1) is 18.9. The third-order valence-electron chi connectivity index (χ3n) is 6.22. The van der Waals surface area contributed by atoms with E-state index < -0.39 is 0 Å². The number of hydrogen-bond donors (Lipinski definition) is 0. The smallest absolute Gasteiger partial charge is 0.166 e. The van der Waals surface area contributed by atoms with E-state index in [1.807, 2.05) is 69.8 Å². The van der Waals surface area contributed by atoms with Crippen LogP contribution in [0.5, 0.6) is 0 Å². The van der Waals surface area contributed by atoms with Crippen molar-refractivity contribution in [3.8, 4) is 11.4 Å². The average molecular weight is 446 g/mol. The maximum Gasteiger partial charge on any atom is 0.166 e. The first-order chi connectivity index (χ1) is 16.7. The molecule has 0 saturated carbocycles. The van der Waals surface area contributed by atoms with Crippen molar-refractivity contribution in [2.75, 3.05) is 0 Å². The molecule has 162 valence electrons. The molecule has 0 bridgehead atoms. The number of para-hydroxylation sites is 2. The molecule has 3 aromatic heterocycles. The van der Waals surface area contributed by atoms with Crippen LogP contribution < -0.4 is 0 Å². The molecule has 0 aliphatic carbocycles. The number of halogens is 2.